The number of amides is 1. The Morgan fingerprint density at radius 1 is 1.14 bits per heavy atom. The standard InChI is InChI=1S/C16H21NO4/c1-9-7-6-8-13(10(9)2)15(17-12(4)19)14(11(3)18)16(20)21-5/h6-8,14-15H,1-5H3,(H,17,19)/t14-,15+/m0/s1. The normalized spacial score (nSPS) is 13.2. The zero-order valence-electron chi connectivity index (χ0n) is 13.0. The van der Waals surface area contributed by atoms with Crippen LogP contribution in [0.5, 0.6) is 0 Å². The quantitative estimate of drug-likeness (QED) is 0.664. The molecule has 0 radical (unpaired) electrons. The number of ketones is 1. The fourth-order valence-corrected chi connectivity index (χ4v) is 2.33. The molecule has 1 aromatic carbocycles. The summed E-state index contributed by atoms with van der Waals surface area (Å²) in [6.45, 7) is 6.51. The minimum atomic E-state index is -1.06. The minimum absolute atomic E-state index is 0.309. The van der Waals surface area contributed by atoms with Crippen molar-refractivity contribution in [1.29, 1.82) is 0 Å². The third-order valence-electron chi connectivity index (χ3n) is 3.57. The van der Waals surface area contributed by atoms with Gasteiger partial charge in [-0.15, -0.1) is 0 Å². The van der Waals surface area contributed by atoms with E-state index in [2.05, 4.69) is 5.32 Å². The van der Waals surface area contributed by atoms with Crippen LogP contribution in [-0.4, -0.2) is 24.8 Å². The van der Waals surface area contributed by atoms with Crippen molar-refractivity contribution >= 4 is 17.7 Å². The van der Waals surface area contributed by atoms with Crippen LogP contribution in [0.3, 0.4) is 0 Å². The highest BCUT2D eigenvalue weighted by molar-refractivity contribution is 5.99. The molecule has 21 heavy (non-hydrogen) atoms. The Kier molecular flexibility index (Phi) is 5.64. The van der Waals surface area contributed by atoms with Gasteiger partial charge in [0, 0.05) is 6.92 Å². The summed E-state index contributed by atoms with van der Waals surface area (Å²) in [6, 6.07) is 4.85. The van der Waals surface area contributed by atoms with Crippen molar-refractivity contribution in [3.63, 3.8) is 0 Å². The zero-order valence-corrected chi connectivity index (χ0v) is 13.0. The second-order valence-corrected chi connectivity index (χ2v) is 5.08. The molecule has 0 unspecified atom stereocenters. The highest BCUT2D eigenvalue weighted by Gasteiger charge is 2.35. The van der Waals surface area contributed by atoms with E-state index in [4.69, 9.17) is 4.74 Å². The van der Waals surface area contributed by atoms with Gasteiger partial charge in [0.1, 0.15) is 11.7 Å². The van der Waals surface area contributed by atoms with Crippen LogP contribution in [0.4, 0.5) is 0 Å². The van der Waals surface area contributed by atoms with Crippen LogP contribution in [0.2, 0.25) is 0 Å². The maximum atomic E-state index is 12.0. The Morgan fingerprint density at radius 2 is 1.76 bits per heavy atom. The predicted molar refractivity (Wildman–Crippen MR) is 78.7 cm³/mol. The number of esters is 1. The van der Waals surface area contributed by atoms with E-state index in [-0.39, 0.29) is 11.7 Å². The molecule has 5 heteroatoms. The van der Waals surface area contributed by atoms with Gasteiger partial charge in [0.05, 0.1) is 13.2 Å². The molecule has 2 atom stereocenters. The molecule has 0 saturated carbocycles. The third-order valence-corrected chi connectivity index (χ3v) is 3.57. The van der Waals surface area contributed by atoms with E-state index in [1.165, 1.54) is 21.0 Å². The van der Waals surface area contributed by atoms with Crippen LogP contribution in [0, 0.1) is 19.8 Å². The number of hydrogen-bond donors (Lipinski definition) is 1. The lowest BCUT2D eigenvalue weighted by atomic mass is 9.86. The Balaban J connectivity index is 3.39. The van der Waals surface area contributed by atoms with Crippen molar-refractivity contribution in [2.24, 2.45) is 5.92 Å². The Labute approximate surface area is 124 Å². The molecule has 1 N–H and O–H groups in total. The zero-order chi connectivity index (χ0) is 16.2. The molecule has 1 amide bonds. The van der Waals surface area contributed by atoms with E-state index >= 15 is 0 Å². The fraction of sp³-hybridized carbons (Fsp3) is 0.438. The SMILES string of the molecule is COC(=O)[C@@H](C(C)=O)[C@H](NC(C)=O)c1cccc(C)c1C. The molecule has 5 nitrogen and oxygen atoms in total. The number of nitrogens with one attached hydrogen (secondary N) is 1. The number of benzene rings is 1. The van der Waals surface area contributed by atoms with Crippen molar-refractivity contribution in [1.82, 2.24) is 5.32 Å². The number of rotatable bonds is 5. The average Bonchev–Trinajstić information content (AvgIpc) is 2.40. The summed E-state index contributed by atoms with van der Waals surface area (Å²) >= 11 is 0. The predicted octanol–water partition coefficient (Wildman–Crippen LogP) is 1.86. The molecule has 1 aromatic rings. The summed E-state index contributed by atoms with van der Waals surface area (Å²) < 4.78 is 4.72. The number of methoxy groups -OCH3 is 1. The number of hydrogen-bond acceptors (Lipinski definition) is 4. The van der Waals surface area contributed by atoms with E-state index < -0.39 is 17.9 Å². The van der Waals surface area contributed by atoms with Gasteiger partial charge < -0.3 is 10.1 Å². The molecule has 0 spiro atoms. The van der Waals surface area contributed by atoms with Crippen LogP contribution in [0.15, 0.2) is 18.2 Å². The van der Waals surface area contributed by atoms with Crippen molar-refractivity contribution in [2.75, 3.05) is 7.11 Å². The van der Waals surface area contributed by atoms with Crippen LogP contribution in [-0.2, 0) is 19.1 Å². The first kappa shape index (κ1) is 16.9. The highest BCUT2D eigenvalue weighted by Crippen LogP contribution is 2.28. The molecule has 0 aliphatic heterocycles. The number of carbonyl (C=O) groups excluding carboxylic acids is 3. The first-order valence-electron chi connectivity index (χ1n) is 6.71. The van der Waals surface area contributed by atoms with Crippen LogP contribution in [0.25, 0.3) is 0 Å². The van der Waals surface area contributed by atoms with Crippen LogP contribution in [0.1, 0.15) is 36.6 Å². The molecule has 0 aliphatic rings. The fourth-order valence-electron chi connectivity index (χ4n) is 2.33. The smallest absolute Gasteiger partial charge is 0.318 e. The molecule has 0 heterocycles. The second-order valence-electron chi connectivity index (χ2n) is 5.08. The molecule has 1 rings (SSSR count). The summed E-state index contributed by atoms with van der Waals surface area (Å²) in [5.41, 5.74) is 2.71. The summed E-state index contributed by atoms with van der Waals surface area (Å²) in [6.07, 6.45) is 0. The van der Waals surface area contributed by atoms with Gasteiger partial charge in [0.15, 0.2) is 0 Å². The lowest BCUT2D eigenvalue weighted by Crippen LogP contribution is -2.40. The monoisotopic (exact) mass is 291 g/mol. The van der Waals surface area contributed by atoms with Crippen LogP contribution < -0.4 is 5.32 Å². The summed E-state index contributed by atoms with van der Waals surface area (Å²) in [7, 11) is 1.23. The summed E-state index contributed by atoms with van der Waals surface area (Å²) in [5, 5.41) is 2.70. The molecule has 0 fully saturated rings. The molecular formula is C16H21NO4. The van der Waals surface area contributed by atoms with E-state index in [9.17, 15) is 14.4 Å². The van der Waals surface area contributed by atoms with Gasteiger partial charge in [-0.25, -0.2) is 0 Å². The second kappa shape index (κ2) is 7.02. The lowest BCUT2D eigenvalue weighted by Gasteiger charge is -2.26. The van der Waals surface area contributed by atoms with Gasteiger partial charge >= 0.3 is 5.97 Å². The van der Waals surface area contributed by atoms with Crippen molar-refractivity contribution in [3.05, 3.63) is 34.9 Å². The topological polar surface area (TPSA) is 72.5 Å². The van der Waals surface area contributed by atoms with Crippen LogP contribution >= 0.6 is 0 Å². The number of aryl methyl sites for hydroxylation is 1. The number of ether oxygens (including phenoxy) is 1. The first-order chi connectivity index (χ1) is 9.79. The number of carbonyl (C=O) groups is 3. The van der Waals surface area contributed by atoms with Gasteiger partial charge in [-0.05, 0) is 37.5 Å². The van der Waals surface area contributed by atoms with Crippen molar-refractivity contribution in [3.8, 4) is 0 Å². The molecule has 0 aliphatic carbocycles. The lowest BCUT2D eigenvalue weighted by molar-refractivity contribution is -0.150. The third kappa shape index (κ3) is 3.90. The molecule has 0 aromatic heterocycles. The minimum Gasteiger partial charge on any atom is -0.468 e. The Bertz CT molecular complexity index is 565. The van der Waals surface area contributed by atoms with Gasteiger partial charge in [-0.3, -0.25) is 14.4 Å². The molecular weight excluding hydrogens is 270 g/mol. The summed E-state index contributed by atoms with van der Waals surface area (Å²) in [4.78, 5) is 35.3. The maximum absolute atomic E-state index is 12.0. The van der Waals surface area contributed by atoms with Gasteiger partial charge in [0.25, 0.3) is 0 Å². The van der Waals surface area contributed by atoms with Crippen molar-refractivity contribution < 1.29 is 19.1 Å². The van der Waals surface area contributed by atoms with Gasteiger partial charge in [0.2, 0.25) is 5.91 Å². The average molecular weight is 291 g/mol. The molecule has 0 saturated heterocycles. The Morgan fingerprint density at radius 3 is 2.24 bits per heavy atom. The van der Waals surface area contributed by atoms with E-state index in [0.29, 0.717) is 0 Å². The van der Waals surface area contributed by atoms with Gasteiger partial charge in [-0.2, -0.15) is 0 Å². The maximum Gasteiger partial charge on any atom is 0.318 e. The van der Waals surface area contributed by atoms with E-state index in [1.807, 2.05) is 32.0 Å². The first-order valence-corrected chi connectivity index (χ1v) is 6.71. The van der Waals surface area contributed by atoms with E-state index in [1.54, 1.807) is 0 Å². The largest absolute Gasteiger partial charge is 0.468 e. The molecule has 0 bridgehead atoms. The number of Topliss-reactive ketones (excluding diaryl/α,β-unsaturated/α-hetero) is 1. The van der Waals surface area contributed by atoms with Crippen molar-refractivity contribution in [2.45, 2.75) is 33.7 Å². The molecule has 114 valence electrons. The van der Waals surface area contributed by atoms with E-state index in [0.717, 1.165) is 16.7 Å². The Hall–Kier alpha value is -2.17. The van der Waals surface area contributed by atoms with Gasteiger partial charge in [-0.1, -0.05) is 18.2 Å². The highest BCUT2D eigenvalue weighted by atomic mass is 16.5. The summed E-state index contributed by atoms with van der Waals surface area (Å²) in [5.74, 6) is -2.36.